The van der Waals surface area contributed by atoms with Gasteiger partial charge in [0.15, 0.2) is 0 Å². The van der Waals surface area contributed by atoms with Crippen LogP contribution in [0.2, 0.25) is 0 Å². The van der Waals surface area contributed by atoms with Crippen molar-refractivity contribution < 1.29 is 9.53 Å². The Bertz CT molecular complexity index is 325. The number of methoxy groups -OCH3 is 1. The van der Waals surface area contributed by atoms with Crippen molar-refractivity contribution in [1.29, 1.82) is 0 Å². The molecule has 1 saturated carbocycles. The Kier molecular flexibility index (Phi) is 2.22. The summed E-state index contributed by atoms with van der Waals surface area (Å²) in [6.07, 6.45) is 7.79. The van der Waals surface area contributed by atoms with Crippen LogP contribution >= 0.6 is 0 Å². The molecule has 76 valence electrons. The lowest BCUT2D eigenvalue weighted by atomic mass is 9.68. The van der Waals surface area contributed by atoms with E-state index in [0.717, 1.165) is 25.0 Å². The molecule has 2 nitrogen and oxygen atoms in total. The van der Waals surface area contributed by atoms with Gasteiger partial charge in [0.2, 0.25) is 0 Å². The summed E-state index contributed by atoms with van der Waals surface area (Å²) in [7, 11) is 1.67. The van der Waals surface area contributed by atoms with Crippen molar-refractivity contribution in [3.63, 3.8) is 0 Å². The summed E-state index contributed by atoms with van der Waals surface area (Å²) in [5.74, 6) is 1.26. The minimum atomic E-state index is -0.359. The molecule has 2 heteroatoms. The summed E-state index contributed by atoms with van der Waals surface area (Å²) in [5, 5.41) is 0. The Hall–Kier alpha value is -1.05. The van der Waals surface area contributed by atoms with E-state index in [1.54, 1.807) is 7.11 Å². The number of fused-ring (bicyclic) bond motifs is 1. The second kappa shape index (κ2) is 3.26. The van der Waals surface area contributed by atoms with E-state index in [4.69, 9.17) is 4.74 Å². The fourth-order valence-electron chi connectivity index (χ4n) is 2.37. The Morgan fingerprint density at radius 3 is 2.93 bits per heavy atom. The number of carbonyl (C=O) groups is 1. The highest BCUT2D eigenvalue weighted by Crippen LogP contribution is 2.43. The van der Waals surface area contributed by atoms with Crippen molar-refractivity contribution in [2.45, 2.75) is 32.6 Å². The van der Waals surface area contributed by atoms with Crippen LogP contribution in [0, 0.1) is 5.41 Å². The van der Waals surface area contributed by atoms with Crippen molar-refractivity contribution >= 4 is 5.78 Å². The molecule has 0 radical (unpaired) electrons. The quantitative estimate of drug-likeness (QED) is 0.597. The molecule has 2 aliphatic rings. The monoisotopic (exact) mass is 192 g/mol. The van der Waals surface area contributed by atoms with Crippen LogP contribution < -0.4 is 0 Å². The zero-order valence-electron chi connectivity index (χ0n) is 8.80. The topological polar surface area (TPSA) is 26.3 Å². The summed E-state index contributed by atoms with van der Waals surface area (Å²) >= 11 is 0. The number of hydrogen-bond donors (Lipinski definition) is 0. The lowest BCUT2D eigenvalue weighted by molar-refractivity contribution is -0.125. The van der Waals surface area contributed by atoms with E-state index >= 15 is 0 Å². The summed E-state index contributed by atoms with van der Waals surface area (Å²) in [5.41, 5.74) is 0.927. The van der Waals surface area contributed by atoms with E-state index in [9.17, 15) is 4.79 Å². The van der Waals surface area contributed by atoms with Gasteiger partial charge in [-0.25, -0.2) is 0 Å². The molecule has 0 unspecified atom stereocenters. The summed E-state index contributed by atoms with van der Waals surface area (Å²) < 4.78 is 5.22. The molecule has 0 aromatic rings. The fraction of sp³-hybridized carbons (Fsp3) is 0.583. The summed E-state index contributed by atoms with van der Waals surface area (Å²) in [4.78, 5) is 11.9. The van der Waals surface area contributed by atoms with Gasteiger partial charge in [0, 0.05) is 12.8 Å². The van der Waals surface area contributed by atoms with Gasteiger partial charge in [0.1, 0.15) is 5.78 Å². The zero-order chi connectivity index (χ0) is 10.2. The highest BCUT2D eigenvalue weighted by Gasteiger charge is 2.39. The summed E-state index contributed by atoms with van der Waals surface area (Å²) in [6.45, 7) is 2.01. The van der Waals surface area contributed by atoms with Gasteiger partial charge >= 0.3 is 0 Å². The third-order valence-corrected chi connectivity index (χ3v) is 3.36. The molecule has 14 heavy (non-hydrogen) atoms. The maximum absolute atomic E-state index is 11.9. The third kappa shape index (κ3) is 1.29. The van der Waals surface area contributed by atoms with Crippen molar-refractivity contribution in [2.75, 3.05) is 7.11 Å². The van der Waals surface area contributed by atoms with E-state index in [1.807, 2.05) is 13.0 Å². The van der Waals surface area contributed by atoms with Crippen LogP contribution in [0.5, 0.6) is 0 Å². The Labute approximate surface area is 84.6 Å². The Morgan fingerprint density at radius 2 is 2.21 bits per heavy atom. The second-order valence-corrected chi connectivity index (χ2v) is 4.23. The van der Waals surface area contributed by atoms with Crippen LogP contribution in [-0.4, -0.2) is 12.9 Å². The third-order valence-electron chi connectivity index (χ3n) is 3.36. The standard InChI is InChI=1S/C12H16O2/c1-12-8-10(14-2)7-6-9(12)4-3-5-11(12)13/h6,8H,3-5,7H2,1-2H3/t12-/m0/s1. The molecular formula is C12H16O2. The van der Waals surface area contributed by atoms with Crippen LogP contribution in [0.25, 0.3) is 0 Å². The minimum Gasteiger partial charge on any atom is -0.501 e. The number of ketones is 1. The molecule has 0 spiro atoms. The van der Waals surface area contributed by atoms with Crippen molar-refractivity contribution in [3.05, 3.63) is 23.5 Å². The van der Waals surface area contributed by atoms with E-state index in [1.165, 1.54) is 5.57 Å². The maximum Gasteiger partial charge on any atom is 0.146 e. The Morgan fingerprint density at radius 1 is 1.43 bits per heavy atom. The SMILES string of the molecule is COC1=C[C@]2(C)C(=O)CCCC2=CC1. The largest absolute Gasteiger partial charge is 0.501 e. The van der Waals surface area contributed by atoms with Crippen LogP contribution in [0.3, 0.4) is 0 Å². The molecule has 2 aliphatic carbocycles. The second-order valence-electron chi connectivity index (χ2n) is 4.23. The minimum absolute atomic E-state index is 0.337. The fourth-order valence-corrected chi connectivity index (χ4v) is 2.37. The van der Waals surface area contributed by atoms with E-state index in [2.05, 4.69) is 6.08 Å². The maximum atomic E-state index is 11.9. The van der Waals surface area contributed by atoms with Crippen molar-refractivity contribution in [2.24, 2.45) is 5.41 Å². The van der Waals surface area contributed by atoms with E-state index in [0.29, 0.717) is 12.2 Å². The molecule has 0 aliphatic heterocycles. The molecule has 0 aromatic carbocycles. The van der Waals surface area contributed by atoms with Gasteiger partial charge in [-0.1, -0.05) is 11.6 Å². The van der Waals surface area contributed by atoms with E-state index < -0.39 is 0 Å². The number of hydrogen-bond acceptors (Lipinski definition) is 2. The predicted molar refractivity (Wildman–Crippen MR) is 54.8 cm³/mol. The highest BCUT2D eigenvalue weighted by molar-refractivity contribution is 5.91. The Balaban J connectivity index is 2.37. The van der Waals surface area contributed by atoms with Gasteiger partial charge < -0.3 is 4.74 Å². The lowest BCUT2D eigenvalue weighted by Crippen LogP contribution is -2.33. The summed E-state index contributed by atoms with van der Waals surface area (Å²) in [6, 6.07) is 0. The molecule has 0 aromatic heterocycles. The molecule has 1 fully saturated rings. The average molecular weight is 192 g/mol. The molecular weight excluding hydrogens is 176 g/mol. The normalized spacial score (nSPS) is 31.7. The first-order chi connectivity index (χ1) is 6.66. The first kappa shape index (κ1) is 9.50. The van der Waals surface area contributed by atoms with Gasteiger partial charge in [-0.05, 0) is 25.8 Å². The van der Waals surface area contributed by atoms with Gasteiger partial charge in [0.25, 0.3) is 0 Å². The van der Waals surface area contributed by atoms with Crippen molar-refractivity contribution in [3.8, 4) is 0 Å². The molecule has 0 heterocycles. The molecule has 1 atom stereocenters. The molecule has 0 amide bonds. The average Bonchev–Trinajstić information content (AvgIpc) is 2.19. The first-order valence-corrected chi connectivity index (χ1v) is 5.15. The van der Waals surface area contributed by atoms with Gasteiger partial charge in [0.05, 0.1) is 18.3 Å². The van der Waals surface area contributed by atoms with Crippen LogP contribution in [0.1, 0.15) is 32.6 Å². The number of carbonyl (C=O) groups excluding carboxylic acids is 1. The van der Waals surface area contributed by atoms with E-state index in [-0.39, 0.29) is 5.41 Å². The van der Waals surface area contributed by atoms with Gasteiger partial charge in [-0.3, -0.25) is 4.79 Å². The molecule has 0 saturated heterocycles. The van der Waals surface area contributed by atoms with Crippen molar-refractivity contribution in [1.82, 2.24) is 0 Å². The number of Topliss-reactive ketones (excluding diaryl/α,β-unsaturated/α-hetero) is 1. The van der Waals surface area contributed by atoms with Gasteiger partial charge in [-0.2, -0.15) is 0 Å². The smallest absolute Gasteiger partial charge is 0.146 e. The number of ether oxygens (including phenoxy) is 1. The lowest BCUT2D eigenvalue weighted by Gasteiger charge is -2.35. The molecule has 0 N–H and O–H groups in total. The van der Waals surface area contributed by atoms with Crippen LogP contribution in [-0.2, 0) is 9.53 Å². The van der Waals surface area contributed by atoms with Gasteiger partial charge in [-0.15, -0.1) is 0 Å². The van der Waals surface area contributed by atoms with Crippen LogP contribution in [0.15, 0.2) is 23.5 Å². The molecule has 2 rings (SSSR count). The molecule has 0 bridgehead atoms. The van der Waals surface area contributed by atoms with Crippen LogP contribution in [0.4, 0.5) is 0 Å². The zero-order valence-corrected chi connectivity index (χ0v) is 8.80. The number of allylic oxidation sites excluding steroid dienone is 3. The number of rotatable bonds is 1. The predicted octanol–water partition coefficient (Wildman–Crippen LogP) is 2.61. The first-order valence-electron chi connectivity index (χ1n) is 5.15. The highest BCUT2D eigenvalue weighted by atomic mass is 16.5.